The molecule has 1 atom stereocenters. The molecule has 1 unspecified atom stereocenters. The largest absolute Gasteiger partial charge is 0.497 e. The minimum Gasteiger partial charge on any atom is -0.497 e. The van der Waals surface area contributed by atoms with Crippen LogP contribution in [-0.4, -0.2) is 33.2 Å². The molecule has 1 saturated heterocycles. The highest BCUT2D eigenvalue weighted by atomic mass is 16.5. The van der Waals surface area contributed by atoms with E-state index < -0.39 is 0 Å². The Kier molecular flexibility index (Phi) is 5.41. The van der Waals surface area contributed by atoms with Crippen molar-refractivity contribution in [3.63, 3.8) is 0 Å². The molecule has 0 saturated carbocycles. The molecule has 1 heterocycles. The van der Waals surface area contributed by atoms with Crippen LogP contribution in [0.5, 0.6) is 5.75 Å². The first-order chi connectivity index (χ1) is 9.70. The predicted molar refractivity (Wildman–Crippen MR) is 81.2 cm³/mol. The van der Waals surface area contributed by atoms with Crippen LogP contribution in [0.1, 0.15) is 25.7 Å². The Morgan fingerprint density at radius 1 is 1.40 bits per heavy atom. The van der Waals surface area contributed by atoms with Crippen molar-refractivity contribution in [2.45, 2.75) is 25.7 Å². The van der Waals surface area contributed by atoms with Crippen LogP contribution in [-0.2, 0) is 4.79 Å². The monoisotopic (exact) mass is 276 g/mol. The van der Waals surface area contributed by atoms with Crippen molar-refractivity contribution in [1.29, 1.82) is 0 Å². The van der Waals surface area contributed by atoms with E-state index in [0.29, 0.717) is 12.3 Å². The fraction of sp³-hybridized carbons (Fsp3) is 0.562. The number of nitrogens with one attached hydrogen (secondary N) is 1. The number of benzene rings is 1. The van der Waals surface area contributed by atoms with Crippen molar-refractivity contribution in [3.8, 4) is 5.75 Å². The Balaban J connectivity index is 1.83. The average Bonchev–Trinajstić information content (AvgIpc) is 2.53. The first kappa shape index (κ1) is 14.9. The van der Waals surface area contributed by atoms with Crippen molar-refractivity contribution in [2.24, 2.45) is 5.92 Å². The minimum absolute atomic E-state index is 0.181. The number of anilines is 1. The van der Waals surface area contributed by atoms with Crippen LogP contribution in [0.25, 0.3) is 0 Å². The van der Waals surface area contributed by atoms with Gasteiger partial charge in [-0.15, -0.1) is 0 Å². The topological polar surface area (TPSA) is 41.6 Å². The van der Waals surface area contributed by atoms with Gasteiger partial charge in [-0.1, -0.05) is 0 Å². The van der Waals surface area contributed by atoms with Crippen LogP contribution < -0.4 is 15.0 Å². The average molecular weight is 276 g/mol. The number of hydrogen-bond donors (Lipinski definition) is 1. The Morgan fingerprint density at radius 2 is 2.15 bits per heavy atom. The molecule has 0 bridgehead atoms. The van der Waals surface area contributed by atoms with Gasteiger partial charge in [0.15, 0.2) is 0 Å². The molecular weight excluding hydrogens is 252 g/mol. The van der Waals surface area contributed by atoms with Gasteiger partial charge in [0.2, 0.25) is 5.91 Å². The van der Waals surface area contributed by atoms with Gasteiger partial charge < -0.3 is 15.0 Å². The summed E-state index contributed by atoms with van der Waals surface area (Å²) in [6.07, 6.45) is 4.07. The number of carbonyl (C=O) groups excluding carboxylic acids is 1. The first-order valence-corrected chi connectivity index (χ1v) is 7.32. The molecule has 0 spiro atoms. The zero-order valence-electron chi connectivity index (χ0n) is 12.4. The molecule has 1 amide bonds. The standard InChI is InChI=1S/C16H24N2O2/c1-18(14-6-8-15(20-2)9-7-14)16(19)10-5-13-4-3-11-17-12-13/h6-9,13,17H,3-5,10-12H2,1-2H3. The lowest BCUT2D eigenvalue weighted by molar-refractivity contribution is -0.118. The fourth-order valence-electron chi connectivity index (χ4n) is 2.62. The summed E-state index contributed by atoms with van der Waals surface area (Å²) < 4.78 is 5.13. The van der Waals surface area contributed by atoms with Crippen LogP contribution in [0.15, 0.2) is 24.3 Å². The summed E-state index contributed by atoms with van der Waals surface area (Å²) in [7, 11) is 3.48. The van der Waals surface area contributed by atoms with E-state index in [2.05, 4.69) is 5.32 Å². The van der Waals surface area contributed by atoms with Crippen molar-refractivity contribution in [2.75, 3.05) is 32.1 Å². The molecule has 0 radical (unpaired) electrons. The Bertz CT molecular complexity index is 425. The number of hydrogen-bond acceptors (Lipinski definition) is 3. The third kappa shape index (κ3) is 3.97. The third-order valence-corrected chi connectivity index (χ3v) is 4.00. The van der Waals surface area contributed by atoms with Crippen LogP contribution in [0.4, 0.5) is 5.69 Å². The maximum absolute atomic E-state index is 12.2. The van der Waals surface area contributed by atoms with Gasteiger partial charge in [-0.3, -0.25) is 4.79 Å². The summed E-state index contributed by atoms with van der Waals surface area (Å²) in [5.41, 5.74) is 0.914. The van der Waals surface area contributed by atoms with Crippen molar-refractivity contribution >= 4 is 11.6 Å². The summed E-state index contributed by atoms with van der Waals surface area (Å²) >= 11 is 0. The zero-order valence-corrected chi connectivity index (χ0v) is 12.4. The van der Waals surface area contributed by atoms with Crippen molar-refractivity contribution in [3.05, 3.63) is 24.3 Å². The summed E-state index contributed by atoms with van der Waals surface area (Å²) in [5, 5.41) is 3.39. The molecule has 0 aliphatic carbocycles. The van der Waals surface area contributed by atoms with E-state index in [9.17, 15) is 4.79 Å². The summed E-state index contributed by atoms with van der Waals surface area (Å²) in [4.78, 5) is 13.9. The smallest absolute Gasteiger partial charge is 0.226 e. The Morgan fingerprint density at radius 3 is 2.75 bits per heavy atom. The van der Waals surface area contributed by atoms with Crippen LogP contribution in [0.3, 0.4) is 0 Å². The number of amides is 1. The number of piperidine rings is 1. The van der Waals surface area contributed by atoms with Gasteiger partial charge in [-0.05, 0) is 62.5 Å². The quantitative estimate of drug-likeness (QED) is 0.898. The minimum atomic E-state index is 0.181. The number of ether oxygens (including phenoxy) is 1. The van der Waals surface area contributed by atoms with E-state index in [1.54, 1.807) is 12.0 Å². The third-order valence-electron chi connectivity index (χ3n) is 4.00. The zero-order chi connectivity index (χ0) is 14.4. The second kappa shape index (κ2) is 7.29. The van der Waals surface area contributed by atoms with Gasteiger partial charge in [0.1, 0.15) is 5.75 Å². The molecule has 1 aliphatic rings. The van der Waals surface area contributed by atoms with Gasteiger partial charge in [-0.25, -0.2) is 0 Å². The molecule has 1 aromatic rings. The van der Waals surface area contributed by atoms with E-state index >= 15 is 0 Å². The number of rotatable bonds is 5. The highest BCUT2D eigenvalue weighted by Crippen LogP contribution is 2.21. The Labute approximate surface area is 121 Å². The SMILES string of the molecule is COc1ccc(N(C)C(=O)CCC2CCCNC2)cc1. The maximum Gasteiger partial charge on any atom is 0.226 e. The lowest BCUT2D eigenvalue weighted by atomic mass is 9.94. The fourth-order valence-corrected chi connectivity index (χ4v) is 2.62. The molecule has 4 heteroatoms. The molecule has 20 heavy (non-hydrogen) atoms. The van der Waals surface area contributed by atoms with E-state index in [0.717, 1.165) is 30.9 Å². The predicted octanol–water partition coefficient (Wildman–Crippen LogP) is 2.44. The van der Waals surface area contributed by atoms with Crippen molar-refractivity contribution < 1.29 is 9.53 Å². The molecule has 1 fully saturated rings. The second-order valence-electron chi connectivity index (χ2n) is 5.40. The van der Waals surface area contributed by atoms with Gasteiger partial charge in [0.05, 0.1) is 7.11 Å². The highest BCUT2D eigenvalue weighted by molar-refractivity contribution is 5.92. The molecule has 4 nitrogen and oxygen atoms in total. The lowest BCUT2D eigenvalue weighted by Crippen LogP contribution is -2.31. The van der Waals surface area contributed by atoms with E-state index in [1.165, 1.54) is 12.8 Å². The van der Waals surface area contributed by atoms with Crippen molar-refractivity contribution in [1.82, 2.24) is 5.32 Å². The lowest BCUT2D eigenvalue weighted by Gasteiger charge is -2.24. The molecule has 1 aromatic carbocycles. The molecule has 1 N–H and O–H groups in total. The number of carbonyl (C=O) groups is 1. The first-order valence-electron chi connectivity index (χ1n) is 7.32. The summed E-state index contributed by atoms with van der Waals surface area (Å²) in [5.74, 6) is 1.64. The molecule has 110 valence electrons. The molecule has 2 rings (SSSR count). The Hall–Kier alpha value is -1.55. The molecule has 1 aliphatic heterocycles. The van der Waals surface area contributed by atoms with Gasteiger partial charge in [0.25, 0.3) is 0 Å². The summed E-state index contributed by atoms with van der Waals surface area (Å²) in [6.45, 7) is 2.18. The van der Waals surface area contributed by atoms with E-state index in [1.807, 2.05) is 31.3 Å². The molecular formula is C16H24N2O2. The van der Waals surface area contributed by atoms with E-state index in [4.69, 9.17) is 4.74 Å². The van der Waals surface area contributed by atoms with Crippen LogP contribution in [0.2, 0.25) is 0 Å². The van der Waals surface area contributed by atoms with Gasteiger partial charge in [0, 0.05) is 19.2 Å². The summed E-state index contributed by atoms with van der Waals surface area (Å²) in [6, 6.07) is 7.59. The number of nitrogens with zero attached hydrogens (tertiary/aromatic N) is 1. The highest BCUT2D eigenvalue weighted by Gasteiger charge is 2.16. The van der Waals surface area contributed by atoms with Gasteiger partial charge >= 0.3 is 0 Å². The van der Waals surface area contributed by atoms with Crippen LogP contribution >= 0.6 is 0 Å². The van der Waals surface area contributed by atoms with Crippen LogP contribution in [0, 0.1) is 5.92 Å². The molecule has 0 aromatic heterocycles. The maximum atomic E-state index is 12.2. The second-order valence-corrected chi connectivity index (χ2v) is 5.40. The number of methoxy groups -OCH3 is 1. The van der Waals surface area contributed by atoms with Gasteiger partial charge in [-0.2, -0.15) is 0 Å². The normalized spacial score (nSPS) is 18.6. The van der Waals surface area contributed by atoms with E-state index in [-0.39, 0.29) is 5.91 Å².